The highest BCUT2D eigenvalue weighted by atomic mass is 79.9. The molecule has 2 rings (SSSR count). The highest BCUT2D eigenvalue weighted by Crippen LogP contribution is 2.33. The molecule has 0 atom stereocenters. The fraction of sp³-hybridized carbons (Fsp3) is 0.455. The smallest absolute Gasteiger partial charge is 0.235 e. The van der Waals surface area contributed by atoms with Crippen LogP contribution in [0.15, 0.2) is 15.9 Å². The number of hydrogen-bond donors (Lipinski definition) is 0. The number of carbonyl (C=O) groups is 2. The van der Waals surface area contributed by atoms with Gasteiger partial charge in [0.25, 0.3) is 0 Å². The number of carbonyl (C=O) groups excluding carboxylic acids is 2. The Kier molecular flexibility index (Phi) is 2.92. The van der Waals surface area contributed by atoms with E-state index in [4.69, 9.17) is 0 Å². The minimum absolute atomic E-state index is 0.0676. The molecule has 1 aliphatic heterocycles. The van der Waals surface area contributed by atoms with Crippen LogP contribution in [0.25, 0.3) is 0 Å². The summed E-state index contributed by atoms with van der Waals surface area (Å²) in [7, 11) is 0. The molecule has 1 aliphatic rings. The second-order valence-electron chi connectivity index (χ2n) is 4.55. The Morgan fingerprint density at radius 3 is 2.56 bits per heavy atom. The molecule has 86 valence electrons. The molecular formula is C11H12BrNO2S. The van der Waals surface area contributed by atoms with E-state index in [9.17, 15) is 9.59 Å². The molecule has 3 nitrogen and oxygen atoms in total. The van der Waals surface area contributed by atoms with Gasteiger partial charge in [-0.3, -0.25) is 14.5 Å². The second kappa shape index (κ2) is 3.96. The predicted molar refractivity (Wildman–Crippen MR) is 66.0 cm³/mol. The number of hydrogen-bond acceptors (Lipinski definition) is 3. The summed E-state index contributed by atoms with van der Waals surface area (Å²) < 4.78 is 1.01. The Morgan fingerprint density at radius 1 is 1.44 bits per heavy atom. The molecule has 16 heavy (non-hydrogen) atoms. The SMILES string of the molecule is CC1(C)CC(=O)N(Cc2ccc(Br)s2)C1=O. The van der Waals surface area contributed by atoms with Gasteiger partial charge in [0.15, 0.2) is 0 Å². The summed E-state index contributed by atoms with van der Waals surface area (Å²) in [5, 5.41) is 0. The molecule has 5 heteroatoms. The predicted octanol–water partition coefficient (Wildman–Crippen LogP) is 2.80. The van der Waals surface area contributed by atoms with Crippen LogP contribution >= 0.6 is 27.3 Å². The summed E-state index contributed by atoms with van der Waals surface area (Å²) in [5.74, 6) is -0.137. The lowest BCUT2D eigenvalue weighted by Gasteiger charge is -2.16. The third-order valence-electron chi connectivity index (χ3n) is 2.66. The summed E-state index contributed by atoms with van der Waals surface area (Å²) in [5.41, 5.74) is -0.536. The van der Waals surface area contributed by atoms with Gasteiger partial charge in [0.05, 0.1) is 15.7 Å². The molecule has 1 aromatic heterocycles. The van der Waals surface area contributed by atoms with Gasteiger partial charge in [0.1, 0.15) is 0 Å². The molecule has 0 saturated carbocycles. The van der Waals surface area contributed by atoms with E-state index in [0.717, 1.165) is 8.66 Å². The fourth-order valence-corrected chi connectivity index (χ4v) is 3.25. The normalized spacial score (nSPS) is 19.6. The average molecular weight is 302 g/mol. The molecule has 0 aliphatic carbocycles. The average Bonchev–Trinajstić information content (AvgIpc) is 2.65. The minimum Gasteiger partial charge on any atom is -0.277 e. The Hall–Kier alpha value is -0.680. The summed E-state index contributed by atoms with van der Waals surface area (Å²) in [4.78, 5) is 26.0. The number of amides is 2. The molecule has 0 aromatic carbocycles. The Bertz CT molecular complexity index is 453. The zero-order valence-electron chi connectivity index (χ0n) is 9.12. The Labute approximate surface area is 107 Å². The first-order valence-electron chi connectivity index (χ1n) is 4.99. The molecule has 2 amide bonds. The van der Waals surface area contributed by atoms with Crippen LogP contribution in [0.3, 0.4) is 0 Å². The largest absolute Gasteiger partial charge is 0.277 e. The summed E-state index contributed by atoms with van der Waals surface area (Å²) in [6.45, 7) is 4.03. The van der Waals surface area contributed by atoms with Gasteiger partial charge in [-0.2, -0.15) is 0 Å². The minimum atomic E-state index is -0.536. The van der Waals surface area contributed by atoms with Crippen LogP contribution in [-0.4, -0.2) is 16.7 Å². The molecule has 2 heterocycles. The van der Waals surface area contributed by atoms with Gasteiger partial charge >= 0.3 is 0 Å². The molecule has 0 N–H and O–H groups in total. The van der Waals surface area contributed by atoms with E-state index < -0.39 is 5.41 Å². The van der Waals surface area contributed by atoms with Gasteiger partial charge in [0.2, 0.25) is 11.8 Å². The highest BCUT2D eigenvalue weighted by Gasteiger charge is 2.44. The van der Waals surface area contributed by atoms with Crippen molar-refractivity contribution >= 4 is 39.1 Å². The summed E-state index contributed by atoms with van der Waals surface area (Å²) >= 11 is 4.91. The van der Waals surface area contributed by atoms with Crippen LogP contribution in [-0.2, 0) is 16.1 Å². The molecule has 1 saturated heterocycles. The maximum Gasteiger partial charge on any atom is 0.235 e. The molecule has 1 fully saturated rings. The lowest BCUT2D eigenvalue weighted by molar-refractivity contribution is -0.141. The number of halogens is 1. The van der Waals surface area contributed by atoms with Crippen molar-refractivity contribution in [2.75, 3.05) is 0 Å². The van der Waals surface area contributed by atoms with Crippen molar-refractivity contribution in [2.45, 2.75) is 26.8 Å². The van der Waals surface area contributed by atoms with Crippen LogP contribution in [0.4, 0.5) is 0 Å². The third kappa shape index (κ3) is 2.06. The van der Waals surface area contributed by atoms with E-state index in [1.165, 1.54) is 4.90 Å². The van der Waals surface area contributed by atoms with Crippen molar-refractivity contribution in [3.05, 3.63) is 20.8 Å². The standard InChI is InChI=1S/C11H12BrNO2S/c1-11(2)5-9(14)13(10(11)15)6-7-3-4-8(12)16-7/h3-4H,5-6H2,1-2H3. The lowest BCUT2D eigenvalue weighted by atomic mass is 9.92. The first-order chi connectivity index (χ1) is 7.40. The van der Waals surface area contributed by atoms with E-state index in [0.29, 0.717) is 13.0 Å². The monoisotopic (exact) mass is 301 g/mol. The molecule has 0 unspecified atom stereocenters. The van der Waals surface area contributed by atoms with Crippen molar-refractivity contribution in [3.8, 4) is 0 Å². The number of thiophene rings is 1. The van der Waals surface area contributed by atoms with Crippen LogP contribution in [0.2, 0.25) is 0 Å². The number of imide groups is 1. The van der Waals surface area contributed by atoms with Crippen molar-refractivity contribution < 1.29 is 9.59 Å². The van der Waals surface area contributed by atoms with Crippen LogP contribution in [0.1, 0.15) is 25.1 Å². The quantitative estimate of drug-likeness (QED) is 0.788. The molecule has 0 radical (unpaired) electrons. The molecule has 0 bridgehead atoms. The van der Waals surface area contributed by atoms with Gasteiger partial charge in [-0.1, -0.05) is 13.8 Å². The fourth-order valence-electron chi connectivity index (χ4n) is 1.78. The van der Waals surface area contributed by atoms with E-state index in [1.54, 1.807) is 11.3 Å². The Morgan fingerprint density at radius 2 is 2.12 bits per heavy atom. The highest BCUT2D eigenvalue weighted by molar-refractivity contribution is 9.11. The first-order valence-corrected chi connectivity index (χ1v) is 6.60. The Balaban J connectivity index is 2.17. The van der Waals surface area contributed by atoms with E-state index in [-0.39, 0.29) is 11.8 Å². The number of rotatable bonds is 2. The summed E-state index contributed by atoms with van der Waals surface area (Å²) in [6.07, 6.45) is 0.318. The van der Waals surface area contributed by atoms with Gasteiger partial charge in [0, 0.05) is 11.3 Å². The summed E-state index contributed by atoms with van der Waals surface area (Å²) in [6, 6.07) is 3.86. The van der Waals surface area contributed by atoms with Crippen molar-refractivity contribution in [2.24, 2.45) is 5.41 Å². The van der Waals surface area contributed by atoms with Crippen molar-refractivity contribution in [1.82, 2.24) is 4.90 Å². The first kappa shape index (κ1) is 11.8. The third-order valence-corrected chi connectivity index (χ3v) is 4.27. The van der Waals surface area contributed by atoms with Gasteiger partial charge in [-0.25, -0.2) is 0 Å². The lowest BCUT2D eigenvalue weighted by Crippen LogP contribution is -2.32. The topological polar surface area (TPSA) is 37.4 Å². The van der Waals surface area contributed by atoms with E-state index in [1.807, 2.05) is 26.0 Å². The van der Waals surface area contributed by atoms with Gasteiger partial charge < -0.3 is 0 Å². The van der Waals surface area contributed by atoms with E-state index in [2.05, 4.69) is 15.9 Å². The second-order valence-corrected chi connectivity index (χ2v) is 7.10. The van der Waals surface area contributed by atoms with Crippen molar-refractivity contribution in [1.29, 1.82) is 0 Å². The zero-order chi connectivity index (χ0) is 11.9. The van der Waals surface area contributed by atoms with Gasteiger partial charge in [-0.15, -0.1) is 11.3 Å². The van der Waals surface area contributed by atoms with Crippen LogP contribution < -0.4 is 0 Å². The molecule has 0 spiro atoms. The molecule has 1 aromatic rings. The number of nitrogens with zero attached hydrogens (tertiary/aromatic N) is 1. The van der Waals surface area contributed by atoms with Gasteiger partial charge in [-0.05, 0) is 28.1 Å². The maximum absolute atomic E-state index is 11.9. The van der Waals surface area contributed by atoms with E-state index >= 15 is 0 Å². The van der Waals surface area contributed by atoms with Crippen LogP contribution in [0.5, 0.6) is 0 Å². The maximum atomic E-state index is 11.9. The zero-order valence-corrected chi connectivity index (χ0v) is 11.5. The molecular weight excluding hydrogens is 290 g/mol. The van der Waals surface area contributed by atoms with Crippen LogP contribution in [0, 0.1) is 5.41 Å². The number of likely N-dealkylation sites (tertiary alicyclic amines) is 1. The van der Waals surface area contributed by atoms with Crippen molar-refractivity contribution in [3.63, 3.8) is 0 Å².